The van der Waals surface area contributed by atoms with Gasteiger partial charge in [0.05, 0.1) is 37.3 Å². The van der Waals surface area contributed by atoms with Crippen molar-refractivity contribution >= 4 is 34.4 Å². The number of fused-ring (bicyclic) bond motifs is 1. The first-order chi connectivity index (χ1) is 17.2. The number of benzene rings is 1. The van der Waals surface area contributed by atoms with Crippen molar-refractivity contribution in [1.82, 2.24) is 20.2 Å². The van der Waals surface area contributed by atoms with Gasteiger partial charge in [0.25, 0.3) is 11.8 Å². The summed E-state index contributed by atoms with van der Waals surface area (Å²) in [4.78, 5) is 34.7. The molecule has 4 rings (SSSR count). The number of rotatable bonds is 6. The Balaban J connectivity index is 1.53. The van der Waals surface area contributed by atoms with Gasteiger partial charge in [0.1, 0.15) is 6.04 Å². The number of hydrogen-bond acceptors (Lipinski definition) is 6. The van der Waals surface area contributed by atoms with E-state index < -0.39 is 43.3 Å². The number of ether oxygens (including phenoxy) is 1. The van der Waals surface area contributed by atoms with Crippen LogP contribution in [0.1, 0.15) is 34.8 Å². The summed E-state index contributed by atoms with van der Waals surface area (Å²) >= 11 is 0. The molecule has 0 bridgehead atoms. The van der Waals surface area contributed by atoms with Crippen molar-refractivity contribution in [3.05, 3.63) is 65.5 Å². The molecule has 3 aromatic rings. The van der Waals surface area contributed by atoms with Gasteiger partial charge in [-0.1, -0.05) is 12.1 Å². The zero-order chi connectivity index (χ0) is 25.9. The fourth-order valence-corrected chi connectivity index (χ4v) is 4.07. The van der Waals surface area contributed by atoms with Crippen LogP contribution >= 0.6 is 0 Å². The molecule has 1 aromatic carbocycles. The van der Waals surface area contributed by atoms with Crippen LogP contribution in [-0.2, 0) is 4.79 Å². The molecule has 8 nitrogen and oxygen atoms in total. The van der Waals surface area contributed by atoms with Gasteiger partial charge >= 0.3 is 0 Å². The number of nitriles is 1. The molecular weight excluding hydrogens is 468 g/mol. The fourth-order valence-electron chi connectivity index (χ4n) is 4.07. The Morgan fingerprint density at radius 2 is 2.08 bits per heavy atom. The van der Waals surface area contributed by atoms with Crippen LogP contribution in [0.5, 0.6) is 5.88 Å². The third-order valence-corrected chi connectivity index (χ3v) is 5.93. The van der Waals surface area contributed by atoms with Crippen LogP contribution in [0, 0.1) is 11.3 Å². The average molecular weight is 491 g/mol. The minimum absolute atomic E-state index is 0.287. The van der Waals surface area contributed by atoms with Crippen LogP contribution in [-0.4, -0.2) is 58.8 Å². The Morgan fingerprint density at radius 3 is 2.78 bits per heavy atom. The van der Waals surface area contributed by atoms with E-state index in [0.717, 1.165) is 21.6 Å². The zero-order valence-electron chi connectivity index (χ0n) is 19.7. The van der Waals surface area contributed by atoms with E-state index >= 15 is 0 Å². The third kappa shape index (κ3) is 5.30. The number of methoxy groups -OCH3 is 1. The van der Waals surface area contributed by atoms with Crippen molar-refractivity contribution in [3.63, 3.8) is 0 Å². The number of nitrogens with zero attached hydrogens (tertiary/aromatic N) is 4. The normalized spacial score (nSPS) is 17.0. The van der Waals surface area contributed by atoms with E-state index in [1.807, 2.05) is 31.2 Å². The van der Waals surface area contributed by atoms with Crippen LogP contribution in [0.3, 0.4) is 0 Å². The number of pyridine rings is 2. The minimum atomic E-state index is -3.12. The van der Waals surface area contributed by atoms with E-state index in [2.05, 4.69) is 15.3 Å². The van der Waals surface area contributed by atoms with Gasteiger partial charge in [-0.25, -0.2) is 13.8 Å². The zero-order valence-corrected chi connectivity index (χ0v) is 19.7. The van der Waals surface area contributed by atoms with Crippen molar-refractivity contribution in [1.29, 1.82) is 5.26 Å². The van der Waals surface area contributed by atoms with Gasteiger partial charge in [0.2, 0.25) is 11.8 Å². The molecule has 184 valence electrons. The first-order valence-electron chi connectivity index (χ1n) is 11.1. The highest BCUT2D eigenvalue weighted by atomic mass is 19.3. The van der Waals surface area contributed by atoms with Gasteiger partial charge in [0, 0.05) is 30.3 Å². The summed E-state index contributed by atoms with van der Waals surface area (Å²) in [5.74, 6) is -3.89. The van der Waals surface area contributed by atoms with Crippen LogP contribution in [0.2, 0.25) is 0 Å². The van der Waals surface area contributed by atoms with Crippen molar-refractivity contribution in [3.8, 4) is 11.9 Å². The molecule has 0 radical (unpaired) electrons. The summed E-state index contributed by atoms with van der Waals surface area (Å²) in [6.45, 7) is 0.601. The van der Waals surface area contributed by atoms with Crippen LogP contribution in [0.25, 0.3) is 22.6 Å². The first kappa shape index (κ1) is 24.7. The van der Waals surface area contributed by atoms with E-state index in [-0.39, 0.29) is 5.56 Å². The van der Waals surface area contributed by atoms with Gasteiger partial charge in [-0.15, -0.1) is 0 Å². The highest BCUT2D eigenvalue weighted by Crippen LogP contribution is 2.31. The number of carbonyl (C=O) groups excluding carboxylic acids is 2. The molecule has 2 aromatic heterocycles. The molecule has 10 heteroatoms. The second-order valence-corrected chi connectivity index (χ2v) is 8.46. The van der Waals surface area contributed by atoms with Crippen LogP contribution in [0.15, 0.2) is 48.8 Å². The molecule has 1 saturated heterocycles. The van der Waals surface area contributed by atoms with Crippen molar-refractivity contribution < 1.29 is 23.1 Å². The van der Waals surface area contributed by atoms with Gasteiger partial charge < -0.3 is 15.0 Å². The average Bonchev–Trinajstić information content (AvgIpc) is 3.21. The largest absolute Gasteiger partial charge is 0.481 e. The lowest BCUT2D eigenvalue weighted by Gasteiger charge is -2.19. The fraction of sp³-hybridized carbons (Fsp3) is 0.269. The van der Waals surface area contributed by atoms with E-state index in [0.29, 0.717) is 16.8 Å². The predicted molar refractivity (Wildman–Crippen MR) is 129 cm³/mol. The number of allylic oxidation sites excluding steroid dienone is 1. The van der Waals surface area contributed by atoms with E-state index in [1.165, 1.54) is 12.3 Å². The van der Waals surface area contributed by atoms with Crippen molar-refractivity contribution in [2.75, 3.05) is 20.2 Å². The standard InChI is InChI=1S/C26H23F2N5O3/c1-16(18-4-6-23(36-2)31-13-18)9-17-3-5-22-21(10-17)20(7-8-30-22)25(35)32-14-24(34)33-15-26(27,28)11-19(33)12-29/h3-10,13,19H,11,14-15H2,1-2H3,(H,32,35)/b16-9+/t19-/m0/s1. The van der Waals surface area contributed by atoms with Crippen molar-refractivity contribution in [2.45, 2.75) is 25.3 Å². The lowest BCUT2D eigenvalue weighted by atomic mass is 10.0. The Kier molecular flexibility index (Phi) is 6.92. The quantitative estimate of drug-likeness (QED) is 0.564. The van der Waals surface area contributed by atoms with E-state index in [9.17, 15) is 18.4 Å². The molecule has 0 saturated carbocycles. The summed E-state index contributed by atoms with van der Waals surface area (Å²) in [5, 5.41) is 12.1. The molecule has 1 aliphatic rings. The summed E-state index contributed by atoms with van der Waals surface area (Å²) in [7, 11) is 1.55. The van der Waals surface area contributed by atoms with Gasteiger partial charge in [-0.3, -0.25) is 14.6 Å². The molecule has 36 heavy (non-hydrogen) atoms. The lowest BCUT2D eigenvalue weighted by molar-refractivity contribution is -0.131. The first-order valence-corrected chi connectivity index (χ1v) is 11.1. The second kappa shape index (κ2) is 10.1. The SMILES string of the molecule is COc1ccc(/C(C)=C/c2ccc3nccc(C(=O)NCC(=O)N4CC(F)(F)C[C@H]4C#N)c3c2)cn1. The number of aromatic nitrogens is 2. The van der Waals surface area contributed by atoms with Gasteiger partial charge in [-0.05, 0) is 47.9 Å². The Hall–Kier alpha value is -4.39. The smallest absolute Gasteiger partial charge is 0.268 e. The highest BCUT2D eigenvalue weighted by molar-refractivity contribution is 6.07. The summed E-state index contributed by atoms with van der Waals surface area (Å²) in [6, 6.07) is 11.2. The molecule has 3 heterocycles. The van der Waals surface area contributed by atoms with Gasteiger partial charge in [-0.2, -0.15) is 5.26 Å². The van der Waals surface area contributed by atoms with E-state index in [4.69, 9.17) is 10.00 Å². The molecule has 0 unspecified atom stereocenters. The van der Waals surface area contributed by atoms with Crippen molar-refractivity contribution in [2.24, 2.45) is 0 Å². The number of nitrogens with one attached hydrogen (secondary N) is 1. The minimum Gasteiger partial charge on any atom is -0.481 e. The number of likely N-dealkylation sites (tertiary alicyclic amines) is 1. The molecule has 1 N–H and O–H groups in total. The monoisotopic (exact) mass is 491 g/mol. The van der Waals surface area contributed by atoms with Crippen LogP contribution < -0.4 is 10.1 Å². The number of alkyl halides is 2. The summed E-state index contributed by atoms with van der Waals surface area (Å²) in [5.41, 5.74) is 3.54. The number of carbonyl (C=O) groups is 2. The predicted octanol–water partition coefficient (Wildman–Crippen LogP) is 3.69. The molecule has 1 fully saturated rings. The second-order valence-electron chi connectivity index (χ2n) is 8.46. The molecule has 2 amide bonds. The molecule has 1 aliphatic heterocycles. The highest BCUT2D eigenvalue weighted by Gasteiger charge is 2.47. The Morgan fingerprint density at radius 1 is 1.28 bits per heavy atom. The molecule has 0 aliphatic carbocycles. The Bertz CT molecular complexity index is 1380. The number of halogens is 2. The molecule has 1 atom stereocenters. The number of amides is 2. The topological polar surface area (TPSA) is 108 Å². The van der Waals surface area contributed by atoms with Gasteiger partial charge in [0.15, 0.2) is 0 Å². The van der Waals surface area contributed by atoms with Crippen LogP contribution in [0.4, 0.5) is 8.78 Å². The Labute approximate surface area is 206 Å². The molecular formula is C26H23F2N5O3. The maximum Gasteiger partial charge on any atom is 0.268 e. The maximum atomic E-state index is 13.6. The molecule has 0 spiro atoms. The summed E-state index contributed by atoms with van der Waals surface area (Å²) < 4.78 is 32.4. The van der Waals surface area contributed by atoms with E-state index in [1.54, 1.807) is 31.5 Å². The maximum absolute atomic E-state index is 13.6. The number of hydrogen-bond donors (Lipinski definition) is 1. The summed E-state index contributed by atoms with van der Waals surface area (Å²) in [6.07, 6.45) is 4.42. The third-order valence-electron chi connectivity index (χ3n) is 5.93. The lowest BCUT2D eigenvalue weighted by Crippen LogP contribution is -2.43.